The van der Waals surface area contributed by atoms with E-state index in [1.54, 1.807) is 0 Å². The lowest BCUT2D eigenvalue weighted by atomic mass is 10.2. The van der Waals surface area contributed by atoms with E-state index in [9.17, 15) is 4.79 Å². The monoisotopic (exact) mass is 170 g/mol. The molecule has 1 rings (SSSR count). The van der Waals surface area contributed by atoms with Crippen LogP contribution in [0, 0.1) is 0 Å². The summed E-state index contributed by atoms with van der Waals surface area (Å²) in [4.78, 5) is 11.1. The molecule has 0 unspecified atom stereocenters. The maximum Gasteiger partial charge on any atom is 0.214 e. The molecule has 0 aliphatic carbocycles. The van der Waals surface area contributed by atoms with Gasteiger partial charge in [0.2, 0.25) is 5.88 Å². The number of carbonyl (C=O) groups excluding carboxylic acids is 1. The smallest absolute Gasteiger partial charge is 0.214 e. The molecule has 0 bridgehead atoms. The molecule has 68 valence electrons. The number of nitrogens with two attached hydrogens (primary N) is 1. The zero-order valence-corrected chi connectivity index (χ0v) is 7.39. The summed E-state index contributed by atoms with van der Waals surface area (Å²) in [7, 11) is 0. The van der Waals surface area contributed by atoms with Crippen molar-refractivity contribution in [2.45, 2.75) is 26.3 Å². The molecule has 0 spiro atoms. The van der Waals surface area contributed by atoms with Gasteiger partial charge in [-0.3, -0.25) is 4.79 Å². The lowest BCUT2D eigenvalue weighted by Gasteiger charge is -2.20. The molecule has 1 heterocycles. The largest absolute Gasteiger partial charge is 0.477 e. The second-order valence-electron chi connectivity index (χ2n) is 3.06. The minimum Gasteiger partial charge on any atom is -0.477 e. The Labute approximate surface area is 71.8 Å². The molecule has 4 heteroatoms. The topological polar surface area (TPSA) is 64.3 Å². The molecule has 0 saturated heterocycles. The van der Waals surface area contributed by atoms with Crippen LogP contribution in [0.5, 0.6) is 0 Å². The van der Waals surface area contributed by atoms with Crippen LogP contribution in [-0.2, 0) is 9.53 Å². The van der Waals surface area contributed by atoms with Crippen LogP contribution in [0.25, 0.3) is 0 Å². The molecule has 0 atom stereocenters. The Morgan fingerprint density at radius 3 is 2.83 bits per heavy atom. The highest BCUT2D eigenvalue weighted by atomic mass is 16.5. The van der Waals surface area contributed by atoms with E-state index >= 15 is 0 Å². The molecule has 1 aliphatic heterocycles. The van der Waals surface area contributed by atoms with Gasteiger partial charge in [0.05, 0.1) is 6.61 Å². The molecular weight excluding hydrogens is 156 g/mol. The highest BCUT2D eigenvalue weighted by molar-refractivity contribution is 5.95. The summed E-state index contributed by atoms with van der Waals surface area (Å²) in [5.41, 5.74) is 5.73. The molecular formula is C8H14N2O2. The van der Waals surface area contributed by atoms with Gasteiger partial charge >= 0.3 is 0 Å². The molecule has 12 heavy (non-hydrogen) atoms. The van der Waals surface area contributed by atoms with Crippen molar-refractivity contribution in [2.24, 2.45) is 5.73 Å². The van der Waals surface area contributed by atoms with E-state index in [1.165, 1.54) is 0 Å². The molecule has 0 aromatic rings. The maximum absolute atomic E-state index is 11.1. The quantitative estimate of drug-likeness (QED) is 0.617. The van der Waals surface area contributed by atoms with Gasteiger partial charge in [-0.1, -0.05) is 0 Å². The summed E-state index contributed by atoms with van der Waals surface area (Å²) in [6, 6.07) is 0.226. The summed E-state index contributed by atoms with van der Waals surface area (Å²) in [5.74, 6) is 0.394. The first kappa shape index (κ1) is 8.90. The third-order valence-electron chi connectivity index (χ3n) is 1.54. The number of Topliss-reactive ketones (excluding diaryl/α,β-unsaturated/α-hetero) is 1. The Morgan fingerprint density at radius 1 is 1.58 bits per heavy atom. The van der Waals surface area contributed by atoms with Gasteiger partial charge in [-0.25, -0.2) is 0 Å². The fourth-order valence-electron chi connectivity index (χ4n) is 0.966. The SMILES string of the molecule is CC(C)NC1=C(N)C(=O)CCO1. The second-order valence-corrected chi connectivity index (χ2v) is 3.06. The van der Waals surface area contributed by atoms with E-state index in [0.29, 0.717) is 18.9 Å². The predicted molar refractivity (Wildman–Crippen MR) is 45.1 cm³/mol. The van der Waals surface area contributed by atoms with Gasteiger partial charge in [-0.15, -0.1) is 0 Å². The molecule has 0 aromatic heterocycles. The van der Waals surface area contributed by atoms with Gasteiger partial charge in [-0.05, 0) is 13.8 Å². The minimum atomic E-state index is -0.0376. The normalized spacial score (nSPS) is 18.1. The average Bonchev–Trinajstić information content (AvgIpc) is 1.98. The summed E-state index contributed by atoms with van der Waals surface area (Å²) < 4.78 is 5.19. The summed E-state index contributed by atoms with van der Waals surface area (Å²) >= 11 is 0. The second kappa shape index (κ2) is 3.47. The Hall–Kier alpha value is -1.19. The van der Waals surface area contributed by atoms with Gasteiger partial charge in [0.25, 0.3) is 0 Å². The van der Waals surface area contributed by atoms with E-state index in [-0.39, 0.29) is 17.5 Å². The van der Waals surface area contributed by atoms with Crippen LogP contribution in [-0.4, -0.2) is 18.4 Å². The lowest BCUT2D eigenvalue weighted by Crippen LogP contribution is -2.33. The number of rotatable bonds is 2. The number of ketones is 1. The van der Waals surface area contributed by atoms with Gasteiger partial charge in [0, 0.05) is 12.5 Å². The molecule has 0 radical (unpaired) electrons. The molecule has 1 aliphatic rings. The molecule has 0 saturated carbocycles. The first-order valence-electron chi connectivity index (χ1n) is 4.03. The Kier molecular flexibility index (Phi) is 2.58. The minimum absolute atomic E-state index is 0.0376. The molecule has 0 fully saturated rings. The fourth-order valence-corrected chi connectivity index (χ4v) is 0.966. The Morgan fingerprint density at radius 2 is 2.25 bits per heavy atom. The highest BCUT2D eigenvalue weighted by Crippen LogP contribution is 2.09. The number of hydrogen-bond acceptors (Lipinski definition) is 4. The third kappa shape index (κ3) is 1.90. The van der Waals surface area contributed by atoms with Crippen molar-refractivity contribution in [2.75, 3.05) is 6.61 Å². The van der Waals surface area contributed by atoms with Crippen molar-refractivity contribution in [3.05, 3.63) is 11.6 Å². The number of carbonyl (C=O) groups is 1. The lowest BCUT2D eigenvalue weighted by molar-refractivity contribution is -0.118. The van der Waals surface area contributed by atoms with E-state index in [4.69, 9.17) is 10.5 Å². The average molecular weight is 170 g/mol. The van der Waals surface area contributed by atoms with Crippen LogP contribution < -0.4 is 11.1 Å². The van der Waals surface area contributed by atoms with Crippen molar-refractivity contribution in [1.29, 1.82) is 0 Å². The highest BCUT2D eigenvalue weighted by Gasteiger charge is 2.19. The Balaban J connectivity index is 2.71. The summed E-state index contributed by atoms with van der Waals surface area (Å²) in [6.07, 6.45) is 0.384. The standard InChI is InChI=1S/C8H14N2O2/c1-5(2)10-8-7(9)6(11)3-4-12-8/h5,10H,3-4,9H2,1-2H3. The number of ether oxygens (including phenoxy) is 1. The molecule has 0 amide bonds. The van der Waals surface area contributed by atoms with Crippen LogP contribution in [0.2, 0.25) is 0 Å². The zero-order chi connectivity index (χ0) is 9.14. The van der Waals surface area contributed by atoms with Crippen LogP contribution in [0.3, 0.4) is 0 Å². The van der Waals surface area contributed by atoms with Gasteiger partial charge in [-0.2, -0.15) is 0 Å². The van der Waals surface area contributed by atoms with Gasteiger partial charge < -0.3 is 15.8 Å². The van der Waals surface area contributed by atoms with Crippen LogP contribution >= 0.6 is 0 Å². The number of hydrogen-bond donors (Lipinski definition) is 2. The van der Waals surface area contributed by atoms with E-state index < -0.39 is 0 Å². The van der Waals surface area contributed by atoms with E-state index in [2.05, 4.69) is 5.32 Å². The van der Waals surface area contributed by atoms with Crippen LogP contribution in [0.4, 0.5) is 0 Å². The fraction of sp³-hybridized carbons (Fsp3) is 0.625. The van der Waals surface area contributed by atoms with E-state index in [1.807, 2.05) is 13.8 Å². The zero-order valence-electron chi connectivity index (χ0n) is 7.39. The third-order valence-corrected chi connectivity index (χ3v) is 1.54. The number of allylic oxidation sites excluding steroid dienone is 1. The molecule has 3 N–H and O–H groups in total. The van der Waals surface area contributed by atoms with E-state index in [0.717, 1.165) is 0 Å². The first-order valence-corrected chi connectivity index (χ1v) is 4.03. The van der Waals surface area contributed by atoms with Gasteiger partial charge in [0.1, 0.15) is 5.70 Å². The Bertz CT molecular complexity index is 221. The van der Waals surface area contributed by atoms with Crippen LogP contribution in [0.15, 0.2) is 11.6 Å². The van der Waals surface area contributed by atoms with Crippen molar-refractivity contribution in [3.8, 4) is 0 Å². The van der Waals surface area contributed by atoms with Crippen molar-refractivity contribution in [1.82, 2.24) is 5.32 Å². The first-order chi connectivity index (χ1) is 5.61. The predicted octanol–water partition coefficient (Wildman–Crippen LogP) is 0.102. The van der Waals surface area contributed by atoms with Crippen molar-refractivity contribution >= 4 is 5.78 Å². The van der Waals surface area contributed by atoms with Crippen molar-refractivity contribution in [3.63, 3.8) is 0 Å². The molecule has 0 aromatic carbocycles. The number of nitrogens with one attached hydrogen (secondary N) is 1. The van der Waals surface area contributed by atoms with Gasteiger partial charge in [0.15, 0.2) is 5.78 Å². The van der Waals surface area contributed by atoms with Crippen molar-refractivity contribution < 1.29 is 9.53 Å². The maximum atomic E-state index is 11.1. The summed E-state index contributed by atoms with van der Waals surface area (Å²) in [5, 5.41) is 2.97. The molecule has 4 nitrogen and oxygen atoms in total. The summed E-state index contributed by atoms with van der Waals surface area (Å²) in [6.45, 7) is 4.35. The van der Waals surface area contributed by atoms with Crippen LogP contribution in [0.1, 0.15) is 20.3 Å².